The number of sulfone groups is 1. The van der Waals surface area contributed by atoms with Crippen LogP contribution < -0.4 is 9.64 Å². The topological polar surface area (TPSA) is 99.4 Å². The van der Waals surface area contributed by atoms with Gasteiger partial charge in [-0.2, -0.15) is 5.26 Å². The lowest BCUT2D eigenvalue weighted by Crippen LogP contribution is -2.47. The van der Waals surface area contributed by atoms with Gasteiger partial charge in [0.15, 0.2) is 11.1 Å². The van der Waals surface area contributed by atoms with Gasteiger partial charge >= 0.3 is 0 Å². The van der Waals surface area contributed by atoms with Gasteiger partial charge in [-0.05, 0) is 42.9 Å². The van der Waals surface area contributed by atoms with Crippen LogP contribution in [0.25, 0.3) is 11.0 Å². The molecule has 1 aromatic heterocycles. The summed E-state index contributed by atoms with van der Waals surface area (Å²) >= 11 is 0. The third-order valence-electron chi connectivity index (χ3n) is 5.76. The van der Waals surface area contributed by atoms with Crippen molar-refractivity contribution in [3.05, 3.63) is 54.2 Å². The van der Waals surface area contributed by atoms with Crippen molar-refractivity contribution in [1.29, 1.82) is 5.26 Å². The molecule has 1 atom stereocenters. The van der Waals surface area contributed by atoms with Crippen LogP contribution in [0.1, 0.15) is 17.9 Å². The van der Waals surface area contributed by atoms with Gasteiger partial charge in [-0.15, -0.1) is 0 Å². The van der Waals surface area contributed by atoms with E-state index in [0.717, 1.165) is 19.6 Å². The number of methoxy groups -OCH3 is 1. The molecule has 0 saturated carbocycles. The molecule has 2 aromatic carbocycles. The molecule has 4 rings (SSSR count). The van der Waals surface area contributed by atoms with E-state index >= 15 is 0 Å². The minimum atomic E-state index is -4.03. The summed E-state index contributed by atoms with van der Waals surface area (Å²) in [5.74, 6) is 1.00. The second-order valence-corrected chi connectivity index (χ2v) is 9.60. The van der Waals surface area contributed by atoms with Crippen LogP contribution in [0.15, 0.2) is 53.4 Å². The first-order chi connectivity index (χ1) is 15.5. The largest absolute Gasteiger partial charge is 0.497 e. The number of likely N-dealkylation sites (N-methyl/N-ethyl adjacent to an activating group) is 1. The SMILES string of the molecule is CCN1CCN(c2nc3ccccc3nc2[C@H](C#N)S(=O)(=O)c2ccc(OC)cc2)CC1. The summed E-state index contributed by atoms with van der Waals surface area (Å²) in [6.45, 7) is 6.13. The van der Waals surface area contributed by atoms with Crippen molar-refractivity contribution in [1.82, 2.24) is 14.9 Å². The molecule has 32 heavy (non-hydrogen) atoms. The van der Waals surface area contributed by atoms with Gasteiger partial charge in [-0.3, -0.25) is 0 Å². The van der Waals surface area contributed by atoms with Gasteiger partial charge in [0.1, 0.15) is 11.4 Å². The van der Waals surface area contributed by atoms with Crippen molar-refractivity contribution in [2.24, 2.45) is 0 Å². The fourth-order valence-corrected chi connectivity index (χ4v) is 5.25. The number of ether oxygens (including phenoxy) is 1. The second-order valence-electron chi connectivity index (χ2n) is 7.57. The molecule has 0 aliphatic carbocycles. The number of nitriles is 1. The average molecular weight is 452 g/mol. The summed E-state index contributed by atoms with van der Waals surface area (Å²) < 4.78 is 32.1. The van der Waals surface area contributed by atoms with Crippen LogP contribution in [-0.2, 0) is 9.84 Å². The predicted octanol–water partition coefficient (Wildman–Crippen LogP) is 2.82. The molecule has 1 fully saturated rings. The van der Waals surface area contributed by atoms with Gasteiger partial charge in [0.25, 0.3) is 0 Å². The quantitative estimate of drug-likeness (QED) is 0.564. The molecule has 9 heteroatoms. The van der Waals surface area contributed by atoms with Crippen LogP contribution in [0.3, 0.4) is 0 Å². The Balaban J connectivity index is 1.82. The molecule has 0 radical (unpaired) electrons. The standard InChI is InChI=1S/C23H25N5O3S/c1-3-27-12-14-28(15-13-27)23-22(25-19-6-4-5-7-20(19)26-23)21(16-24)32(29,30)18-10-8-17(31-2)9-11-18/h4-11,21H,3,12-15H2,1-2H3/t21-/m0/s1. The molecule has 0 N–H and O–H groups in total. The lowest BCUT2D eigenvalue weighted by atomic mass is 10.2. The number of anilines is 1. The van der Waals surface area contributed by atoms with Crippen molar-refractivity contribution >= 4 is 26.7 Å². The summed E-state index contributed by atoms with van der Waals surface area (Å²) in [5, 5.41) is 8.52. The van der Waals surface area contributed by atoms with E-state index in [1.165, 1.54) is 19.2 Å². The van der Waals surface area contributed by atoms with Crippen LogP contribution in [0, 0.1) is 11.3 Å². The number of piperazine rings is 1. The Labute approximate surface area is 188 Å². The molecule has 1 saturated heterocycles. The van der Waals surface area contributed by atoms with E-state index in [1.54, 1.807) is 18.2 Å². The first-order valence-corrected chi connectivity index (χ1v) is 12.0. The number of hydrogen-bond donors (Lipinski definition) is 0. The third kappa shape index (κ3) is 4.11. The summed E-state index contributed by atoms with van der Waals surface area (Å²) in [5.41, 5.74) is 1.40. The monoisotopic (exact) mass is 451 g/mol. The normalized spacial score (nSPS) is 16.0. The fraction of sp³-hybridized carbons (Fsp3) is 0.348. The van der Waals surface area contributed by atoms with Crippen LogP contribution in [0.5, 0.6) is 5.75 Å². The van der Waals surface area contributed by atoms with E-state index in [4.69, 9.17) is 9.72 Å². The molecule has 2 heterocycles. The number of nitrogens with zero attached hydrogens (tertiary/aromatic N) is 5. The highest BCUT2D eigenvalue weighted by atomic mass is 32.2. The number of benzene rings is 2. The molecular formula is C23H25N5O3S. The fourth-order valence-electron chi connectivity index (χ4n) is 3.87. The molecule has 0 bridgehead atoms. The Hall–Kier alpha value is -3.22. The zero-order chi connectivity index (χ0) is 22.7. The van der Waals surface area contributed by atoms with Crippen molar-refractivity contribution in [3.8, 4) is 11.8 Å². The maximum Gasteiger partial charge on any atom is 0.200 e. The highest BCUT2D eigenvalue weighted by Crippen LogP contribution is 2.34. The number of rotatable bonds is 6. The average Bonchev–Trinajstić information content (AvgIpc) is 2.84. The summed E-state index contributed by atoms with van der Waals surface area (Å²) in [6, 6.07) is 15.3. The lowest BCUT2D eigenvalue weighted by molar-refractivity contribution is 0.270. The minimum Gasteiger partial charge on any atom is -0.497 e. The zero-order valence-corrected chi connectivity index (χ0v) is 18.9. The molecule has 0 spiro atoms. The summed E-state index contributed by atoms with van der Waals surface area (Å²) in [7, 11) is -2.52. The summed E-state index contributed by atoms with van der Waals surface area (Å²) in [6.07, 6.45) is 0. The van der Waals surface area contributed by atoms with Crippen molar-refractivity contribution in [2.45, 2.75) is 17.1 Å². The Kier molecular flexibility index (Phi) is 6.26. The Morgan fingerprint density at radius 3 is 2.22 bits per heavy atom. The van der Waals surface area contributed by atoms with E-state index in [0.29, 0.717) is 35.7 Å². The van der Waals surface area contributed by atoms with Gasteiger partial charge in [0.05, 0.1) is 29.1 Å². The second kappa shape index (κ2) is 9.10. The molecule has 1 aliphatic rings. The minimum absolute atomic E-state index is 0.0431. The van der Waals surface area contributed by atoms with Gasteiger partial charge in [-0.1, -0.05) is 19.1 Å². The van der Waals surface area contributed by atoms with Crippen molar-refractivity contribution < 1.29 is 13.2 Å². The van der Waals surface area contributed by atoms with Gasteiger partial charge in [-0.25, -0.2) is 18.4 Å². The number of para-hydroxylation sites is 2. The first-order valence-electron chi connectivity index (χ1n) is 10.5. The molecule has 8 nitrogen and oxygen atoms in total. The van der Waals surface area contributed by atoms with Crippen LogP contribution in [-0.4, -0.2) is 63.1 Å². The first kappa shape index (κ1) is 22.0. The van der Waals surface area contributed by atoms with E-state index in [-0.39, 0.29) is 10.6 Å². The maximum absolute atomic E-state index is 13.5. The number of hydrogen-bond acceptors (Lipinski definition) is 8. The Bertz CT molecular complexity index is 1250. The van der Waals surface area contributed by atoms with E-state index < -0.39 is 15.1 Å². The highest BCUT2D eigenvalue weighted by Gasteiger charge is 2.35. The number of aromatic nitrogens is 2. The molecule has 3 aromatic rings. The lowest BCUT2D eigenvalue weighted by Gasteiger charge is -2.35. The third-order valence-corrected chi connectivity index (χ3v) is 7.64. The zero-order valence-electron chi connectivity index (χ0n) is 18.1. The molecule has 0 amide bonds. The van der Waals surface area contributed by atoms with Crippen molar-refractivity contribution in [2.75, 3.05) is 44.7 Å². The van der Waals surface area contributed by atoms with Crippen LogP contribution in [0.2, 0.25) is 0 Å². The van der Waals surface area contributed by atoms with Gasteiger partial charge < -0.3 is 14.5 Å². The van der Waals surface area contributed by atoms with Crippen molar-refractivity contribution in [3.63, 3.8) is 0 Å². The van der Waals surface area contributed by atoms with Crippen LogP contribution in [0.4, 0.5) is 5.82 Å². The molecule has 166 valence electrons. The molecular weight excluding hydrogens is 426 g/mol. The molecule has 0 unspecified atom stereocenters. The molecule has 1 aliphatic heterocycles. The van der Waals surface area contributed by atoms with Crippen LogP contribution >= 0.6 is 0 Å². The van der Waals surface area contributed by atoms with Gasteiger partial charge in [0.2, 0.25) is 9.84 Å². The van der Waals surface area contributed by atoms with E-state index in [2.05, 4.69) is 16.8 Å². The smallest absolute Gasteiger partial charge is 0.200 e. The van der Waals surface area contributed by atoms with E-state index in [9.17, 15) is 13.7 Å². The predicted molar refractivity (Wildman–Crippen MR) is 122 cm³/mol. The Morgan fingerprint density at radius 2 is 1.66 bits per heavy atom. The maximum atomic E-state index is 13.5. The Morgan fingerprint density at radius 1 is 1.03 bits per heavy atom. The summed E-state index contributed by atoms with van der Waals surface area (Å²) in [4.78, 5) is 13.8. The number of fused-ring (bicyclic) bond motifs is 1. The van der Waals surface area contributed by atoms with Gasteiger partial charge in [0, 0.05) is 26.2 Å². The highest BCUT2D eigenvalue weighted by molar-refractivity contribution is 7.92. The van der Waals surface area contributed by atoms with E-state index in [1.807, 2.05) is 29.2 Å².